The van der Waals surface area contributed by atoms with E-state index >= 15 is 0 Å². The fraction of sp³-hybridized carbons (Fsp3) is 0.636. The molecule has 29 heavy (non-hydrogen) atoms. The van der Waals surface area contributed by atoms with E-state index in [1.165, 1.54) is 18.9 Å². The van der Waals surface area contributed by atoms with E-state index in [1.807, 2.05) is 0 Å². The summed E-state index contributed by atoms with van der Waals surface area (Å²) in [5.41, 5.74) is -0.224. The second-order valence-electron chi connectivity index (χ2n) is 8.80. The monoisotopic (exact) mass is 403 g/mol. The summed E-state index contributed by atoms with van der Waals surface area (Å²) in [6.45, 7) is 7.05. The van der Waals surface area contributed by atoms with Gasteiger partial charge in [0.15, 0.2) is 0 Å². The summed E-state index contributed by atoms with van der Waals surface area (Å²) in [6.07, 6.45) is 4.64. The SMILES string of the molecule is CC1(C(=O)NCC2(CN3CCCC3)CCOCC2)CC(c2ccccc2F)=NO1. The molecule has 1 N–H and O–H groups in total. The molecule has 1 aromatic carbocycles. The molecule has 3 heterocycles. The van der Waals surface area contributed by atoms with E-state index in [0.717, 1.165) is 45.7 Å². The van der Waals surface area contributed by atoms with Gasteiger partial charge in [0, 0.05) is 43.7 Å². The normalized spacial score (nSPS) is 26.8. The Morgan fingerprint density at radius 3 is 2.69 bits per heavy atom. The largest absolute Gasteiger partial charge is 0.381 e. The number of nitrogens with zero attached hydrogens (tertiary/aromatic N) is 2. The Kier molecular flexibility index (Phi) is 5.88. The number of amides is 1. The van der Waals surface area contributed by atoms with E-state index in [9.17, 15) is 9.18 Å². The first-order valence-electron chi connectivity index (χ1n) is 10.6. The topological polar surface area (TPSA) is 63.2 Å². The van der Waals surface area contributed by atoms with E-state index < -0.39 is 5.60 Å². The molecule has 2 saturated heterocycles. The molecule has 4 rings (SSSR count). The third kappa shape index (κ3) is 4.46. The summed E-state index contributed by atoms with van der Waals surface area (Å²) in [6, 6.07) is 6.44. The number of likely N-dealkylation sites (tertiary alicyclic amines) is 1. The highest BCUT2D eigenvalue weighted by Gasteiger charge is 2.44. The van der Waals surface area contributed by atoms with Crippen molar-refractivity contribution in [3.05, 3.63) is 35.6 Å². The van der Waals surface area contributed by atoms with Gasteiger partial charge in [-0.2, -0.15) is 0 Å². The molecule has 3 aliphatic heterocycles. The number of benzene rings is 1. The zero-order chi connectivity index (χ0) is 20.3. The maximum Gasteiger partial charge on any atom is 0.267 e. The molecule has 0 radical (unpaired) electrons. The zero-order valence-corrected chi connectivity index (χ0v) is 17.1. The van der Waals surface area contributed by atoms with Gasteiger partial charge < -0.3 is 19.8 Å². The number of halogens is 1. The number of nitrogens with one attached hydrogen (secondary N) is 1. The summed E-state index contributed by atoms with van der Waals surface area (Å²) in [5, 5.41) is 7.15. The van der Waals surface area contributed by atoms with Crippen LogP contribution >= 0.6 is 0 Å². The molecule has 1 amide bonds. The van der Waals surface area contributed by atoms with Crippen LogP contribution in [0.15, 0.2) is 29.4 Å². The molecular formula is C22H30FN3O3. The lowest BCUT2D eigenvalue weighted by Crippen LogP contribution is -2.52. The number of hydrogen-bond acceptors (Lipinski definition) is 5. The van der Waals surface area contributed by atoms with E-state index in [0.29, 0.717) is 17.8 Å². The van der Waals surface area contributed by atoms with Crippen molar-refractivity contribution in [1.29, 1.82) is 0 Å². The molecule has 0 aromatic heterocycles. The highest BCUT2D eigenvalue weighted by molar-refractivity contribution is 6.05. The fourth-order valence-electron chi connectivity index (χ4n) is 4.57. The predicted molar refractivity (Wildman–Crippen MR) is 108 cm³/mol. The van der Waals surface area contributed by atoms with Gasteiger partial charge >= 0.3 is 0 Å². The molecule has 0 spiro atoms. The van der Waals surface area contributed by atoms with Crippen molar-refractivity contribution in [3.8, 4) is 0 Å². The summed E-state index contributed by atoms with van der Waals surface area (Å²) in [7, 11) is 0. The molecule has 1 unspecified atom stereocenters. The summed E-state index contributed by atoms with van der Waals surface area (Å²) in [4.78, 5) is 21.0. The van der Waals surface area contributed by atoms with E-state index in [2.05, 4.69) is 15.4 Å². The van der Waals surface area contributed by atoms with Crippen LogP contribution in [-0.2, 0) is 14.4 Å². The third-order valence-corrected chi connectivity index (χ3v) is 6.46. The molecule has 0 aliphatic carbocycles. The minimum absolute atomic E-state index is 0.0302. The van der Waals surface area contributed by atoms with Crippen molar-refractivity contribution in [2.45, 2.75) is 44.6 Å². The molecule has 3 aliphatic rings. The van der Waals surface area contributed by atoms with E-state index in [4.69, 9.17) is 9.57 Å². The first-order valence-corrected chi connectivity index (χ1v) is 10.6. The number of carbonyl (C=O) groups is 1. The van der Waals surface area contributed by atoms with Crippen LogP contribution in [0.25, 0.3) is 0 Å². The zero-order valence-electron chi connectivity index (χ0n) is 17.1. The van der Waals surface area contributed by atoms with E-state index in [-0.39, 0.29) is 23.6 Å². The van der Waals surface area contributed by atoms with Crippen LogP contribution < -0.4 is 5.32 Å². The van der Waals surface area contributed by atoms with Gasteiger partial charge in [-0.3, -0.25) is 4.79 Å². The number of rotatable bonds is 6. The molecule has 0 bridgehead atoms. The van der Waals surface area contributed by atoms with Crippen molar-refractivity contribution in [1.82, 2.24) is 10.2 Å². The van der Waals surface area contributed by atoms with Crippen molar-refractivity contribution >= 4 is 11.6 Å². The van der Waals surface area contributed by atoms with Gasteiger partial charge in [-0.1, -0.05) is 23.4 Å². The van der Waals surface area contributed by atoms with Crippen LogP contribution in [0.2, 0.25) is 0 Å². The standard InChI is InChI=1S/C22H30FN3O3/c1-21(14-19(25-29-21)17-6-2-3-7-18(17)23)20(27)24-15-22(8-12-28-13-9-22)16-26-10-4-5-11-26/h2-3,6-7H,4-5,8-16H2,1H3,(H,24,27). The van der Waals surface area contributed by atoms with Crippen molar-refractivity contribution in [3.63, 3.8) is 0 Å². The van der Waals surface area contributed by atoms with Crippen LogP contribution in [0.5, 0.6) is 0 Å². The predicted octanol–water partition coefficient (Wildman–Crippen LogP) is 2.72. The smallest absolute Gasteiger partial charge is 0.267 e. The first-order chi connectivity index (χ1) is 14.0. The number of oxime groups is 1. The fourth-order valence-corrected chi connectivity index (χ4v) is 4.57. The highest BCUT2D eigenvalue weighted by Crippen LogP contribution is 2.33. The minimum atomic E-state index is -1.11. The second-order valence-corrected chi connectivity index (χ2v) is 8.80. The molecule has 158 valence electrons. The molecule has 0 saturated carbocycles. The maximum absolute atomic E-state index is 14.1. The molecular weight excluding hydrogens is 373 g/mol. The average Bonchev–Trinajstić information content (AvgIpc) is 3.38. The lowest BCUT2D eigenvalue weighted by atomic mass is 9.79. The van der Waals surface area contributed by atoms with Gasteiger partial charge in [0.2, 0.25) is 5.60 Å². The Morgan fingerprint density at radius 2 is 1.97 bits per heavy atom. The van der Waals surface area contributed by atoms with Crippen LogP contribution in [-0.4, -0.2) is 61.5 Å². The average molecular weight is 403 g/mol. The Morgan fingerprint density at radius 1 is 1.24 bits per heavy atom. The Hall–Kier alpha value is -1.99. The first kappa shape index (κ1) is 20.3. The van der Waals surface area contributed by atoms with Gasteiger partial charge in [-0.05, 0) is 51.8 Å². The molecule has 1 aromatic rings. The van der Waals surface area contributed by atoms with Gasteiger partial charge in [0.05, 0.1) is 5.71 Å². The second kappa shape index (κ2) is 8.40. The van der Waals surface area contributed by atoms with Crippen LogP contribution in [0.1, 0.15) is 44.6 Å². The minimum Gasteiger partial charge on any atom is -0.381 e. The number of hydrogen-bond donors (Lipinski definition) is 1. The Bertz CT molecular complexity index is 772. The number of ether oxygens (including phenoxy) is 1. The molecule has 7 heteroatoms. The summed E-state index contributed by atoms with van der Waals surface area (Å²) in [5.74, 6) is -0.550. The van der Waals surface area contributed by atoms with Crippen molar-refractivity contribution in [2.75, 3.05) is 39.4 Å². The molecule has 6 nitrogen and oxygen atoms in total. The quantitative estimate of drug-likeness (QED) is 0.793. The lowest BCUT2D eigenvalue weighted by Gasteiger charge is -2.40. The van der Waals surface area contributed by atoms with Crippen molar-refractivity contribution < 1.29 is 18.8 Å². The summed E-state index contributed by atoms with van der Waals surface area (Å²) >= 11 is 0. The van der Waals surface area contributed by atoms with Gasteiger partial charge in [-0.25, -0.2) is 4.39 Å². The van der Waals surface area contributed by atoms with Crippen LogP contribution in [0, 0.1) is 11.2 Å². The Balaban J connectivity index is 1.38. The Labute approximate surface area is 171 Å². The highest BCUT2D eigenvalue weighted by atomic mass is 19.1. The van der Waals surface area contributed by atoms with Gasteiger partial charge in [0.25, 0.3) is 5.91 Å². The van der Waals surface area contributed by atoms with E-state index in [1.54, 1.807) is 25.1 Å². The maximum atomic E-state index is 14.1. The third-order valence-electron chi connectivity index (χ3n) is 6.46. The van der Waals surface area contributed by atoms with Crippen LogP contribution in [0.4, 0.5) is 4.39 Å². The van der Waals surface area contributed by atoms with Crippen molar-refractivity contribution in [2.24, 2.45) is 10.6 Å². The number of carbonyl (C=O) groups excluding carboxylic acids is 1. The lowest BCUT2D eigenvalue weighted by molar-refractivity contribution is -0.142. The molecule has 2 fully saturated rings. The molecule has 1 atom stereocenters. The van der Waals surface area contributed by atoms with Gasteiger partial charge in [-0.15, -0.1) is 0 Å². The van der Waals surface area contributed by atoms with Gasteiger partial charge in [0.1, 0.15) is 5.82 Å². The van der Waals surface area contributed by atoms with Crippen LogP contribution in [0.3, 0.4) is 0 Å². The summed E-state index contributed by atoms with van der Waals surface area (Å²) < 4.78 is 19.7.